The summed E-state index contributed by atoms with van der Waals surface area (Å²) in [5.74, 6) is -0.645. The number of hydrogen-bond donors (Lipinski definition) is 2. The number of rotatable bonds is 5. The summed E-state index contributed by atoms with van der Waals surface area (Å²) in [6.07, 6.45) is -4.64. The maximum atomic E-state index is 12.2. The van der Waals surface area contributed by atoms with Crippen molar-refractivity contribution in [3.05, 3.63) is 29.8 Å². The summed E-state index contributed by atoms with van der Waals surface area (Å²) in [4.78, 5) is 11.4. The van der Waals surface area contributed by atoms with Crippen LogP contribution in [0.5, 0.6) is 5.75 Å². The third-order valence-electron chi connectivity index (χ3n) is 2.18. The minimum atomic E-state index is -4.76. The molecule has 0 fully saturated rings. The molecule has 3 N–H and O–H groups in total. The third-order valence-corrected chi connectivity index (χ3v) is 2.18. The van der Waals surface area contributed by atoms with Crippen molar-refractivity contribution < 1.29 is 22.7 Å². The van der Waals surface area contributed by atoms with Gasteiger partial charge in [0, 0.05) is 24.6 Å². The number of hydrogen-bond acceptors (Lipinski definition) is 3. The summed E-state index contributed by atoms with van der Waals surface area (Å²) in [6.45, 7) is 1.62. The number of carbonyl (C=O) groups is 1. The molecule has 1 atom stereocenters. The summed E-state index contributed by atoms with van der Waals surface area (Å²) in [7, 11) is 0. The van der Waals surface area contributed by atoms with E-state index >= 15 is 0 Å². The zero-order valence-electron chi connectivity index (χ0n) is 10.3. The Kier molecular flexibility index (Phi) is 5.17. The zero-order valence-corrected chi connectivity index (χ0v) is 10.3. The van der Waals surface area contributed by atoms with Crippen LogP contribution in [-0.2, 0) is 11.3 Å². The highest BCUT2D eigenvalue weighted by molar-refractivity contribution is 5.76. The van der Waals surface area contributed by atoms with Gasteiger partial charge in [-0.05, 0) is 13.0 Å². The van der Waals surface area contributed by atoms with Crippen molar-refractivity contribution in [3.8, 4) is 5.75 Å². The van der Waals surface area contributed by atoms with Crippen LogP contribution in [0.15, 0.2) is 24.3 Å². The van der Waals surface area contributed by atoms with E-state index in [1.54, 1.807) is 13.0 Å². The van der Waals surface area contributed by atoms with Crippen LogP contribution >= 0.6 is 0 Å². The Bertz CT molecular complexity index is 433. The second-order valence-electron chi connectivity index (χ2n) is 4.11. The lowest BCUT2D eigenvalue weighted by Crippen LogP contribution is -2.29. The van der Waals surface area contributed by atoms with Crippen LogP contribution in [0.2, 0.25) is 0 Å². The van der Waals surface area contributed by atoms with Crippen LogP contribution < -0.4 is 15.8 Å². The second kappa shape index (κ2) is 6.42. The molecule has 0 aromatic heterocycles. The predicted molar refractivity (Wildman–Crippen MR) is 63.2 cm³/mol. The molecule has 1 aromatic carbocycles. The molecule has 1 aromatic rings. The standard InChI is InChI=1S/C12H15F3N2O2/c1-8(16)6-11(18)17-7-9-4-2-3-5-10(9)19-12(13,14)15/h2-5,8H,6-7,16H2,1H3,(H,17,18). The lowest BCUT2D eigenvalue weighted by molar-refractivity contribution is -0.274. The molecule has 7 heteroatoms. The molecule has 1 amide bonds. The average Bonchev–Trinajstić information content (AvgIpc) is 2.25. The van der Waals surface area contributed by atoms with Gasteiger partial charge in [-0.25, -0.2) is 0 Å². The Morgan fingerprint density at radius 3 is 2.63 bits per heavy atom. The van der Waals surface area contributed by atoms with Crippen LogP contribution in [0, 0.1) is 0 Å². The van der Waals surface area contributed by atoms with Gasteiger partial charge in [0.05, 0.1) is 0 Å². The van der Waals surface area contributed by atoms with Crippen LogP contribution in [0.1, 0.15) is 18.9 Å². The van der Waals surface area contributed by atoms with Gasteiger partial charge in [-0.2, -0.15) is 0 Å². The quantitative estimate of drug-likeness (QED) is 0.863. The van der Waals surface area contributed by atoms with Gasteiger partial charge in [-0.1, -0.05) is 18.2 Å². The van der Waals surface area contributed by atoms with Crippen molar-refractivity contribution in [1.29, 1.82) is 0 Å². The summed E-state index contributed by atoms with van der Waals surface area (Å²) in [5, 5.41) is 2.49. The van der Waals surface area contributed by atoms with Gasteiger partial charge < -0.3 is 15.8 Å². The Balaban J connectivity index is 2.65. The molecule has 0 aliphatic heterocycles. The van der Waals surface area contributed by atoms with Crippen LogP contribution in [0.4, 0.5) is 13.2 Å². The van der Waals surface area contributed by atoms with E-state index in [1.807, 2.05) is 0 Å². The molecule has 0 aliphatic carbocycles. The third kappa shape index (κ3) is 6.10. The molecule has 19 heavy (non-hydrogen) atoms. The van der Waals surface area contributed by atoms with Gasteiger partial charge in [0.1, 0.15) is 5.75 Å². The number of benzene rings is 1. The van der Waals surface area contributed by atoms with Crippen molar-refractivity contribution in [1.82, 2.24) is 5.32 Å². The van der Waals surface area contributed by atoms with Crippen LogP contribution in [0.3, 0.4) is 0 Å². The van der Waals surface area contributed by atoms with Gasteiger partial charge in [0.2, 0.25) is 5.91 Å². The van der Waals surface area contributed by atoms with Crippen molar-refractivity contribution in [2.75, 3.05) is 0 Å². The molecule has 1 unspecified atom stereocenters. The molecule has 0 radical (unpaired) electrons. The predicted octanol–water partition coefficient (Wildman–Crippen LogP) is 1.94. The number of nitrogens with two attached hydrogens (primary N) is 1. The van der Waals surface area contributed by atoms with Gasteiger partial charge in [-0.3, -0.25) is 4.79 Å². The Labute approximate surface area is 108 Å². The molecule has 0 heterocycles. The second-order valence-corrected chi connectivity index (χ2v) is 4.11. The molecule has 0 spiro atoms. The zero-order chi connectivity index (χ0) is 14.5. The number of para-hydroxylation sites is 1. The average molecular weight is 276 g/mol. The van der Waals surface area contributed by atoms with E-state index in [2.05, 4.69) is 10.1 Å². The molecule has 0 saturated carbocycles. The number of halogens is 3. The number of ether oxygens (including phenoxy) is 1. The smallest absolute Gasteiger partial charge is 0.405 e. The first-order valence-corrected chi connectivity index (χ1v) is 5.64. The van der Waals surface area contributed by atoms with E-state index < -0.39 is 6.36 Å². The number of carbonyl (C=O) groups excluding carboxylic acids is 1. The topological polar surface area (TPSA) is 64.4 Å². The van der Waals surface area contributed by atoms with E-state index in [-0.39, 0.29) is 36.2 Å². The van der Waals surface area contributed by atoms with E-state index in [0.717, 1.165) is 0 Å². The van der Waals surface area contributed by atoms with Crippen molar-refractivity contribution in [3.63, 3.8) is 0 Å². The highest BCUT2D eigenvalue weighted by Gasteiger charge is 2.31. The first kappa shape index (κ1) is 15.3. The van der Waals surface area contributed by atoms with Crippen molar-refractivity contribution >= 4 is 5.91 Å². The highest BCUT2D eigenvalue weighted by Crippen LogP contribution is 2.25. The van der Waals surface area contributed by atoms with Gasteiger partial charge in [-0.15, -0.1) is 13.2 Å². The molecule has 0 bridgehead atoms. The normalized spacial score (nSPS) is 12.9. The Morgan fingerprint density at radius 1 is 1.42 bits per heavy atom. The Morgan fingerprint density at radius 2 is 2.05 bits per heavy atom. The molecule has 0 saturated heterocycles. The molecular formula is C12H15F3N2O2. The van der Waals surface area contributed by atoms with E-state index in [9.17, 15) is 18.0 Å². The minimum Gasteiger partial charge on any atom is -0.405 e. The van der Waals surface area contributed by atoms with E-state index in [1.165, 1.54) is 18.2 Å². The van der Waals surface area contributed by atoms with E-state index in [0.29, 0.717) is 0 Å². The number of amides is 1. The lowest BCUT2D eigenvalue weighted by atomic mass is 10.2. The maximum absolute atomic E-state index is 12.2. The number of nitrogens with one attached hydrogen (secondary N) is 1. The summed E-state index contributed by atoms with van der Waals surface area (Å²) < 4.78 is 40.4. The van der Waals surface area contributed by atoms with Crippen LogP contribution in [-0.4, -0.2) is 18.3 Å². The summed E-state index contributed by atoms with van der Waals surface area (Å²) in [6, 6.07) is 5.33. The maximum Gasteiger partial charge on any atom is 0.573 e. The Hall–Kier alpha value is -1.76. The molecule has 1 rings (SSSR count). The van der Waals surface area contributed by atoms with Crippen molar-refractivity contribution in [2.24, 2.45) is 5.73 Å². The first-order chi connectivity index (χ1) is 8.78. The molecule has 0 aliphatic rings. The SMILES string of the molecule is CC(N)CC(=O)NCc1ccccc1OC(F)(F)F. The molecular weight excluding hydrogens is 261 g/mol. The molecule has 4 nitrogen and oxygen atoms in total. The van der Waals surface area contributed by atoms with Gasteiger partial charge >= 0.3 is 6.36 Å². The highest BCUT2D eigenvalue weighted by atomic mass is 19.4. The fourth-order valence-electron chi connectivity index (χ4n) is 1.43. The van der Waals surface area contributed by atoms with E-state index in [4.69, 9.17) is 5.73 Å². The number of alkyl halides is 3. The van der Waals surface area contributed by atoms with Gasteiger partial charge in [0.15, 0.2) is 0 Å². The minimum absolute atomic E-state index is 0.0438. The first-order valence-electron chi connectivity index (χ1n) is 5.64. The van der Waals surface area contributed by atoms with Crippen molar-refractivity contribution in [2.45, 2.75) is 32.3 Å². The summed E-state index contributed by atoms with van der Waals surface area (Å²) >= 11 is 0. The fourth-order valence-corrected chi connectivity index (χ4v) is 1.43. The lowest BCUT2D eigenvalue weighted by Gasteiger charge is -2.14. The largest absolute Gasteiger partial charge is 0.573 e. The monoisotopic (exact) mass is 276 g/mol. The summed E-state index contributed by atoms with van der Waals surface area (Å²) in [5.41, 5.74) is 5.69. The van der Waals surface area contributed by atoms with Gasteiger partial charge in [0.25, 0.3) is 0 Å². The van der Waals surface area contributed by atoms with Crippen LogP contribution in [0.25, 0.3) is 0 Å². The fraction of sp³-hybridized carbons (Fsp3) is 0.417. The molecule has 106 valence electrons.